The van der Waals surface area contributed by atoms with Crippen LogP contribution in [-0.4, -0.2) is 34.5 Å². The van der Waals surface area contributed by atoms with Crippen LogP contribution >= 0.6 is 23.1 Å². The van der Waals surface area contributed by atoms with Crippen molar-refractivity contribution in [1.29, 1.82) is 0 Å². The van der Waals surface area contributed by atoms with Crippen molar-refractivity contribution in [3.05, 3.63) is 39.8 Å². The van der Waals surface area contributed by atoms with Gasteiger partial charge in [0.25, 0.3) is 0 Å². The molecule has 142 valence electrons. The molecule has 2 amide bonds. The molecule has 1 atom stereocenters. The summed E-state index contributed by atoms with van der Waals surface area (Å²) in [6.07, 6.45) is 1.89. The number of nitro groups is 1. The summed E-state index contributed by atoms with van der Waals surface area (Å²) >= 11 is 2.89. The largest absolute Gasteiger partial charge is 0.311 e. The summed E-state index contributed by atoms with van der Waals surface area (Å²) in [6, 6.07) is 3.23. The van der Waals surface area contributed by atoms with E-state index < -0.39 is 22.3 Å². The number of nitrogens with zero attached hydrogens (tertiary/aromatic N) is 3. The first-order valence-corrected chi connectivity index (χ1v) is 9.91. The van der Waals surface area contributed by atoms with E-state index in [1.54, 1.807) is 0 Å². The Morgan fingerprint density at radius 1 is 1.52 bits per heavy atom. The molecule has 3 rings (SSSR count). The van der Waals surface area contributed by atoms with Gasteiger partial charge in [0, 0.05) is 19.0 Å². The summed E-state index contributed by atoms with van der Waals surface area (Å²) in [5.74, 6) is -2.29. The van der Waals surface area contributed by atoms with Crippen molar-refractivity contribution in [2.75, 3.05) is 23.0 Å². The highest BCUT2D eigenvalue weighted by Gasteiger charge is 2.36. The van der Waals surface area contributed by atoms with Crippen LogP contribution < -0.4 is 10.2 Å². The standard InChI is InChI=1S/C16H15FN4O4S2/c1-8-15(26-2)27-16(18-8)19-14(23)9-5-13(22)20(7-9)10-3-4-11(17)12(6-10)21(24)25/h3-4,6,9H,5,7H2,1-2H3,(H,18,19,23)/t9-/m0/s1. The number of rotatable bonds is 5. The maximum Gasteiger partial charge on any atom is 0.306 e. The Morgan fingerprint density at radius 2 is 2.26 bits per heavy atom. The number of aromatic nitrogens is 1. The molecular weight excluding hydrogens is 395 g/mol. The molecule has 1 aliphatic rings. The maximum absolute atomic E-state index is 13.5. The Hall–Kier alpha value is -2.53. The van der Waals surface area contributed by atoms with Crippen LogP contribution in [0, 0.1) is 28.8 Å². The normalized spacial score (nSPS) is 16.6. The van der Waals surface area contributed by atoms with E-state index in [0.29, 0.717) is 5.13 Å². The third-order valence-electron chi connectivity index (χ3n) is 4.10. The minimum absolute atomic E-state index is 0.0310. The first-order chi connectivity index (χ1) is 12.8. The first-order valence-electron chi connectivity index (χ1n) is 7.86. The van der Waals surface area contributed by atoms with E-state index in [4.69, 9.17) is 0 Å². The minimum Gasteiger partial charge on any atom is -0.311 e. The molecule has 0 spiro atoms. The summed E-state index contributed by atoms with van der Waals surface area (Å²) < 4.78 is 14.5. The third kappa shape index (κ3) is 3.93. The van der Waals surface area contributed by atoms with E-state index in [1.165, 1.54) is 34.1 Å². The summed E-state index contributed by atoms with van der Waals surface area (Å²) in [5, 5.41) is 14.1. The Labute approximate surface area is 161 Å². The number of benzene rings is 1. The number of hydrogen-bond acceptors (Lipinski definition) is 7. The highest BCUT2D eigenvalue weighted by Crippen LogP contribution is 2.32. The van der Waals surface area contributed by atoms with Crippen molar-refractivity contribution in [2.45, 2.75) is 17.6 Å². The van der Waals surface area contributed by atoms with Gasteiger partial charge in [-0.2, -0.15) is 4.39 Å². The number of thioether (sulfide) groups is 1. The second-order valence-corrected chi connectivity index (χ2v) is 7.96. The van der Waals surface area contributed by atoms with Crippen molar-refractivity contribution in [3.8, 4) is 0 Å². The number of nitrogens with one attached hydrogen (secondary N) is 1. The predicted molar refractivity (Wildman–Crippen MR) is 101 cm³/mol. The summed E-state index contributed by atoms with van der Waals surface area (Å²) in [4.78, 5) is 40.3. The molecule has 11 heteroatoms. The molecule has 8 nitrogen and oxygen atoms in total. The molecule has 1 aliphatic heterocycles. The molecule has 2 heterocycles. The van der Waals surface area contributed by atoms with Crippen LogP contribution in [0.1, 0.15) is 12.1 Å². The number of aryl methyl sites for hydroxylation is 1. The number of carbonyl (C=O) groups is 2. The molecule has 1 fully saturated rings. The Morgan fingerprint density at radius 3 is 2.89 bits per heavy atom. The topological polar surface area (TPSA) is 105 Å². The van der Waals surface area contributed by atoms with Crippen LogP contribution in [0.15, 0.2) is 22.4 Å². The van der Waals surface area contributed by atoms with Crippen LogP contribution in [0.5, 0.6) is 0 Å². The van der Waals surface area contributed by atoms with Crippen LogP contribution in [0.2, 0.25) is 0 Å². The fourth-order valence-corrected chi connectivity index (χ4v) is 4.39. The quantitative estimate of drug-likeness (QED) is 0.461. The summed E-state index contributed by atoms with van der Waals surface area (Å²) in [7, 11) is 0. The van der Waals surface area contributed by atoms with Gasteiger partial charge in [0.1, 0.15) is 0 Å². The van der Waals surface area contributed by atoms with Gasteiger partial charge in [0.15, 0.2) is 5.13 Å². The second-order valence-electron chi connectivity index (χ2n) is 5.88. The molecule has 0 unspecified atom stereocenters. The molecule has 1 aromatic heterocycles. The smallest absolute Gasteiger partial charge is 0.306 e. The molecule has 0 aliphatic carbocycles. The van der Waals surface area contributed by atoms with E-state index in [1.807, 2.05) is 13.2 Å². The predicted octanol–water partition coefficient (Wildman–Crippen LogP) is 3.21. The number of halogens is 1. The first kappa shape index (κ1) is 19.2. The maximum atomic E-state index is 13.5. The molecule has 2 aromatic rings. The highest BCUT2D eigenvalue weighted by molar-refractivity contribution is 8.00. The Bertz CT molecular complexity index is 933. The van der Waals surface area contributed by atoms with Crippen LogP contribution in [-0.2, 0) is 9.59 Å². The Kier molecular flexibility index (Phi) is 5.42. The number of thiazole rings is 1. The van der Waals surface area contributed by atoms with Crippen LogP contribution in [0.4, 0.5) is 20.9 Å². The van der Waals surface area contributed by atoms with Crippen LogP contribution in [0.25, 0.3) is 0 Å². The number of carbonyl (C=O) groups excluding carboxylic acids is 2. The fraction of sp³-hybridized carbons (Fsp3) is 0.312. The number of anilines is 2. The molecule has 1 saturated heterocycles. The summed E-state index contributed by atoms with van der Waals surface area (Å²) in [6.45, 7) is 1.91. The lowest BCUT2D eigenvalue weighted by Gasteiger charge is -2.16. The lowest BCUT2D eigenvalue weighted by molar-refractivity contribution is -0.387. The van der Waals surface area contributed by atoms with E-state index in [9.17, 15) is 24.1 Å². The van der Waals surface area contributed by atoms with Crippen molar-refractivity contribution in [3.63, 3.8) is 0 Å². The minimum atomic E-state index is -0.978. The molecule has 0 saturated carbocycles. The van der Waals surface area contributed by atoms with Crippen molar-refractivity contribution in [1.82, 2.24) is 4.98 Å². The average Bonchev–Trinajstić information content (AvgIpc) is 3.17. The summed E-state index contributed by atoms with van der Waals surface area (Å²) in [5.41, 5.74) is 0.305. The van der Waals surface area contributed by atoms with Gasteiger partial charge < -0.3 is 10.2 Å². The average molecular weight is 410 g/mol. The lowest BCUT2D eigenvalue weighted by Crippen LogP contribution is -2.28. The van der Waals surface area contributed by atoms with Gasteiger partial charge in [-0.25, -0.2) is 4.98 Å². The van der Waals surface area contributed by atoms with Gasteiger partial charge >= 0.3 is 5.69 Å². The van der Waals surface area contributed by atoms with Crippen LogP contribution in [0.3, 0.4) is 0 Å². The molecule has 1 aromatic carbocycles. The Balaban J connectivity index is 1.74. The van der Waals surface area contributed by atoms with Gasteiger partial charge in [-0.1, -0.05) is 11.3 Å². The van der Waals surface area contributed by atoms with Gasteiger partial charge in [-0.3, -0.25) is 19.7 Å². The monoisotopic (exact) mass is 410 g/mol. The van der Waals surface area contributed by atoms with Gasteiger partial charge in [-0.15, -0.1) is 11.8 Å². The van der Waals surface area contributed by atoms with E-state index in [2.05, 4.69) is 10.3 Å². The zero-order chi connectivity index (χ0) is 19.7. The van der Waals surface area contributed by atoms with E-state index in [0.717, 1.165) is 22.0 Å². The SMILES string of the molecule is CSc1sc(NC(=O)[C@H]2CC(=O)N(c3ccc(F)c([N+](=O)[O-])c3)C2)nc1C. The van der Waals surface area contributed by atoms with Gasteiger partial charge in [0.2, 0.25) is 17.6 Å². The van der Waals surface area contributed by atoms with Gasteiger partial charge in [-0.05, 0) is 25.3 Å². The third-order valence-corrected chi connectivity index (χ3v) is 6.39. The van der Waals surface area contributed by atoms with Crippen molar-refractivity contribution >= 4 is 51.4 Å². The molecule has 0 radical (unpaired) electrons. The molecular formula is C16H15FN4O4S2. The van der Waals surface area contributed by atoms with E-state index >= 15 is 0 Å². The van der Waals surface area contributed by atoms with Crippen molar-refractivity contribution < 1.29 is 18.9 Å². The van der Waals surface area contributed by atoms with Gasteiger partial charge in [0.05, 0.1) is 26.4 Å². The molecule has 1 N–H and O–H groups in total. The molecule has 27 heavy (non-hydrogen) atoms. The zero-order valence-electron chi connectivity index (χ0n) is 14.4. The highest BCUT2D eigenvalue weighted by atomic mass is 32.2. The number of hydrogen-bond donors (Lipinski definition) is 1. The second kappa shape index (κ2) is 7.61. The zero-order valence-corrected chi connectivity index (χ0v) is 16.0. The number of amides is 2. The van der Waals surface area contributed by atoms with Crippen molar-refractivity contribution in [2.24, 2.45) is 5.92 Å². The number of nitro benzene ring substituents is 1. The lowest BCUT2D eigenvalue weighted by atomic mass is 10.1. The fourth-order valence-electron chi connectivity index (χ4n) is 2.77. The molecule has 0 bridgehead atoms. The van der Waals surface area contributed by atoms with E-state index in [-0.39, 0.29) is 30.5 Å².